The van der Waals surface area contributed by atoms with Crippen molar-refractivity contribution in [2.75, 3.05) is 24.3 Å². The Bertz CT molecular complexity index is 978. The normalized spacial score (nSPS) is 10.4. The van der Waals surface area contributed by atoms with Gasteiger partial charge in [0.2, 0.25) is 0 Å². The molecule has 0 aliphatic heterocycles. The molecule has 6 nitrogen and oxygen atoms in total. The molecule has 3 rings (SSSR count). The van der Waals surface area contributed by atoms with Gasteiger partial charge in [0.25, 0.3) is 0 Å². The number of halogens is 1. The van der Waals surface area contributed by atoms with E-state index in [4.69, 9.17) is 16.3 Å². The van der Waals surface area contributed by atoms with Crippen LogP contribution in [0.2, 0.25) is 5.02 Å². The molecule has 0 saturated heterocycles. The van der Waals surface area contributed by atoms with Gasteiger partial charge in [0.05, 0.1) is 18.4 Å². The van der Waals surface area contributed by atoms with Gasteiger partial charge in [-0.3, -0.25) is 0 Å². The van der Waals surface area contributed by atoms with Crippen LogP contribution in [0, 0.1) is 6.92 Å². The van der Waals surface area contributed by atoms with Crippen LogP contribution in [0.5, 0.6) is 0 Å². The van der Waals surface area contributed by atoms with Gasteiger partial charge in [-0.25, -0.2) is 14.8 Å². The number of nitrogens with zero attached hydrogens (tertiary/aromatic N) is 2. The van der Waals surface area contributed by atoms with E-state index in [1.165, 1.54) is 7.11 Å². The van der Waals surface area contributed by atoms with Crippen LogP contribution in [0.3, 0.4) is 0 Å². The number of carbonyl (C=O) groups excluding carboxylic acids is 1. The summed E-state index contributed by atoms with van der Waals surface area (Å²) in [7, 11) is 1.36. The predicted octanol–water partition coefficient (Wildman–Crippen LogP) is 4.62. The van der Waals surface area contributed by atoms with E-state index in [-0.39, 0.29) is 0 Å². The predicted molar refractivity (Wildman–Crippen MR) is 111 cm³/mol. The number of para-hydroxylation sites is 1. The van der Waals surface area contributed by atoms with E-state index < -0.39 is 5.97 Å². The Morgan fingerprint density at radius 1 is 1.07 bits per heavy atom. The van der Waals surface area contributed by atoms with Crippen LogP contribution >= 0.6 is 11.6 Å². The molecule has 144 valence electrons. The van der Waals surface area contributed by atoms with Gasteiger partial charge in [0, 0.05) is 17.6 Å². The summed E-state index contributed by atoms with van der Waals surface area (Å²) >= 11 is 6.02. The Kier molecular flexibility index (Phi) is 6.45. The van der Waals surface area contributed by atoms with Crippen molar-refractivity contribution in [3.8, 4) is 0 Å². The fourth-order valence-electron chi connectivity index (χ4n) is 2.77. The van der Waals surface area contributed by atoms with Gasteiger partial charge < -0.3 is 15.4 Å². The van der Waals surface area contributed by atoms with Crippen molar-refractivity contribution in [3.05, 3.63) is 76.6 Å². The molecule has 0 aliphatic carbocycles. The van der Waals surface area contributed by atoms with Crippen molar-refractivity contribution >= 4 is 34.9 Å². The summed E-state index contributed by atoms with van der Waals surface area (Å²) in [6.45, 7) is 2.52. The summed E-state index contributed by atoms with van der Waals surface area (Å²) < 4.78 is 4.83. The van der Waals surface area contributed by atoms with Crippen LogP contribution in [0.25, 0.3) is 0 Å². The molecule has 0 aliphatic rings. The molecular weight excluding hydrogens is 376 g/mol. The number of benzene rings is 2. The van der Waals surface area contributed by atoms with Gasteiger partial charge in [-0.05, 0) is 43.2 Å². The molecule has 2 N–H and O–H groups in total. The topological polar surface area (TPSA) is 76.1 Å². The van der Waals surface area contributed by atoms with Crippen LogP contribution in [-0.4, -0.2) is 29.6 Å². The van der Waals surface area contributed by atoms with Gasteiger partial charge in [-0.2, -0.15) is 0 Å². The zero-order chi connectivity index (χ0) is 19.9. The maximum atomic E-state index is 11.9. The molecule has 1 heterocycles. The second-order valence-electron chi connectivity index (χ2n) is 6.15. The summed E-state index contributed by atoms with van der Waals surface area (Å²) in [6, 6.07) is 16.7. The Labute approximate surface area is 168 Å². The van der Waals surface area contributed by atoms with Gasteiger partial charge >= 0.3 is 5.97 Å². The Morgan fingerprint density at radius 3 is 2.64 bits per heavy atom. The number of hydrogen-bond acceptors (Lipinski definition) is 6. The highest BCUT2D eigenvalue weighted by Gasteiger charge is 2.12. The average molecular weight is 397 g/mol. The Morgan fingerprint density at radius 2 is 1.86 bits per heavy atom. The zero-order valence-corrected chi connectivity index (χ0v) is 16.5. The Balaban J connectivity index is 1.71. The quantitative estimate of drug-likeness (QED) is 0.567. The second-order valence-corrected chi connectivity index (χ2v) is 6.59. The lowest BCUT2D eigenvalue weighted by Crippen LogP contribution is -2.09. The number of hydrogen-bond donors (Lipinski definition) is 2. The largest absolute Gasteiger partial charge is 0.465 e. The minimum atomic E-state index is -0.409. The minimum absolute atomic E-state index is 0.409. The van der Waals surface area contributed by atoms with E-state index in [1.54, 1.807) is 24.3 Å². The average Bonchev–Trinajstić information content (AvgIpc) is 2.67. The molecule has 1 aromatic heterocycles. The van der Waals surface area contributed by atoms with E-state index in [2.05, 4.69) is 20.6 Å². The highest BCUT2D eigenvalue weighted by molar-refractivity contribution is 6.30. The molecular formula is C21H21ClN4O2. The van der Waals surface area contributed by atoms with Crippen molar-refractivity contribution in [2.45, 2.75) is 13.3 Å². The summed E-state index contributed by atoms with van der Waals surface area (Å²) in [5, 5.41) is 7.21. The smallest absolute Gasteiger partial charge is 0.339 e. The second kappa shape index (κ2) is 9.19. The fraction of sp³-hybridized carbons (Fsp3) is 0.190. The maximum absolute atomic E-state index is 11.9. The molecule has 0 atom stereocenters. The van der Waals surface area contributed by atoms with E-state index in [1.807, 2.05) is 37.3 Å². The van der Waals surface area contributed by atoms with E-state index >= 15 is 0 Å². The molecule has 7 heteroatoms. The first-order valence-electron chi connectivity index (χ1n) is 8.83. The number of anilines is 3. The first kappa shape index (κ1) is 19.6. The third kappa shape index (κ3) is 5.20. The summed E-state index contributed by atoms with van der Waals surface area (Å²) in [4.78, 5) is 20.8. The summed E-state index contributed by atoms with van der Waals surface area (Å²) in [6.07, 6.45) is 0.817. The van der Waals surface area contributed by atoms with Crippen LogP contribution in [0.1, 0.15) is 21.7 Å². The van der Waals surface area contributed by atoms with Gasteiger partial charge in [0.1, 0.15) is 17.5 Å². The van der Waals surface area contributed by atoms with Crippen molar-refractivity contribution in [1.82, 2.24) is 9.97 Å². The minimum Gasteiger partial charge on any atom is -0.465 e. The van der Waals surface area contributed by atoms with Crippen LogP contribution in [0.15, 0.2) is 54.6 Å². The first-order chi connectivity index (χ1) is 13.5. The number of rotatable bonds is 7. The van der Waals surface area contributed by atoms with Gasteiger partial charge in [-0.15, -0.1) is 0 Å². The molecule has 3 aromatic rings. The molecule has 2 aromatic carbocycles. The lowest BCUT2D eigenvalue weighted by molar-refractivity contribution is 0.0602. The molecule has 0 fully saturated rings. The van der Waals surface area contributed by atoms with E-state index in [0.29, 0.717) is 35.3 Å². The molecule has 0 bridgehead atoms. The van der Waals surface area contributed by atoms with Crippen LogP contribution < -0.4 is 10.6 Å². The number of ether oxygens (including phenoxy) is 1. The van der Waals surface area contributed by atoms with Crippen molar-refractivity contribution in [1.29, 1.82) is 0 Å². The molecule has 0 amide bonds. The van der Waals surface area contributed by atoms with Crippen molar-refractivity contribution < 1.29 is 9.53 Å². The van der Waals surface area contributed by atoms with Gasteiger partial charge in [0.15, 0.2) is 0 Å². The van der Waals surface area contributed by atoms with E-state index in [9.17, 15) is 4.79 Å². The number of aromatic nitrogens is 2. The lowest BCUT2D eigenvalue weighted by atomic mass is 10.1. The maximum Gasteiger partial charge on any atom is 0.339 e. The van der Waals surface area contributed by atoms with Crippen LogP contribution in [0.4, 0.5) is 17.3 Å². The number of carbonyl (C=O) groups is 1. The van der Waals surface area contributed by atoms with Crippen molar-refractivity contribution in [3.63, 3.8) is 0 Å². The van der Waals surface area contributed by atoms with Gasteiger partial charge in [-0.1, -0.05) is 35.9 Å². The standard InChI is InChI=1S/C21H21ClN4O2/c1-14-24-19(23-11-10-15-6-5-7-16(22)12-15)13-20(25-14)26-18-9-4-3-8-17(18)21(27)28-2/h3-9,12-13H,10-11H2,1-2H3,(H2,23,24,25,26). The van der Waals surface area contributed by atoms with Crippen LogP contribution in [-0.2, 0) is 11.2 Å². The molecule has 28 heavy (non-hydrogen) atoms. The molecule has 0 saturated carbocycles. The van der Waals surface area contributed by atoms with E-state index in [0.717, 1.165) is 17.0 Å². The number of nitrogens with one attached hydrogen (secondary N) is 2. The third-order valence-electron chi connectivity index (χ3n) is 4.04. The summed E-state index contributed by atoms with van der Waals surface area (Å²) in [5.74, 6) is 1.50. The fourth-order valence-corrected chi connectivity index (χ4v) is 2.98. The zero-order valence-electron chi connectivity index (χ0n) is 15.7. The highest BCUT2D eigenvalue weighted by atomic mass is 35.5. The molecule has 0 radical (unpaired) electrons. The Hall–Kier alpha value is -3.12. The lowest BCUT2D eigenvalue weighted by Gasteiger charge is -2.12. The SMILES string of the molecule is COC(=O)c1ccccc1Nc1cc(NCCc2cccc(Cl)c2)nc(C)n1. The highest BCUT2D eigenvalue weighted by Crippen LogP contribution is 2.22. The number of methoxy groups -OCH3 is 1. The number of esters is 1. The number of aryl methyl sites for hydroxylation is 1. The molecule has 0 unspecified atom stereocenters. The molecule has 0 spiro atoms. The van der Waals surface area contributed by atoms with Crippen molar-refractivity contribution in [2.24, 2.45) is 0 Å². The third-order valence-corrected chi connectivity index (χ3v) is 4.28. The summed E-state index contributed by atoms with van der Waals surface area (Å²) in [5.41, 5.74) is 2.21. The first-order valence-corrected chi connectivity index (χ1v) is 9.21. The monoisotopic (exact) mass is 396 g/mol.